The number of carbonyl (C=O) groups is 1. The molecule has 4 nitrogen and oxygen atoms in total. The molecule has 1 atom stereocenters. The van der Waals surface area contributed by atoms with Crippen molar-refractivity contribution in [1.29, 1.82) is 0 Å². The molecule has 1 aliphatic rings. The minimum atomic E-state index is -0.879. The van der Waals surface area contributed by atoms with E-state index in [1.165, 1.54) is 18.4 Å². The van der Waals surface area contributed by atoms with Crippen LogP contribution in [-0.4, -0.2) is 35.6 Å². The van der Waals surface area contributed by atoms with Gasteiger partial charge in [-0.1, -0.05) is 42.5 Å². The van der Waals surface area contributed by atoms with E-state index in [0.717, 1.165) is 25.2 Å². The number of nitrogens with zero attached hydrogens (tertiary/aromatic N) is 1. The summed E-state index contributed by atoms with van der Waals surface area (Å²) in [5.41, 5.74) is 2.68. The summed E-state index contributed by atoms with van der Waals surface area (Å²) < 4.78 is 0. The zero-order valence-electron chi connectivity index (χ0n) is 13.8. The van der Waals surface area contributed by atoms with E-state index in [0.29, 0.717) is 18.2 Å². The van der Waals surface area contributed by atoms with Gasteiger partial charge in [0.25, 0.3) is 0 Å². The summed E-state index contributed by atoms with van der Waals surface area (Å²) in [5.74, 6) is -0.879. The molecule has 1 saturated heterocycles. The van der Waals surface area contributed by atoms with Gasteiger partial charge in [-0.3, -0.25) is 4.90 Å². The van der Waals surface area contributed by atoms with Crippen molar-refractivity contribution in [1.82, 2.24) is 10.2 Å². The largest absolute Gasteiger partial charge is 0.478 e. The minimum absolute atomic E-state index is 0.341. The summed E-state index contributed by atoms with van der Waals surface area (Å²) in [6, 6.07) is 18.1. The van der Waals surface area contributed by atoms with Gasteiger partial charge in [0.05, 0.1) is 5.56 Å². The maximum atomic E-state index is 11.1. The summed E-state index contributed by atoms with van der Waals surface area (Å²) in [6.07, 6.45) is 2.54. The highest BCUT2D eigenvalue weighted by atomic mass is 16.4. The van der Waals surface area contributed by atoms with Crippen molar-refractivity contribution >= 4 is 5.97 Å². The second-order valence-corrected chi connectivity index (χ2v) is 6.31. The maximum absolute atomic E-state index is 11.1. The van der Waals surface area contributed by atoms with Gasteiger partial charge in [-0.2, -0.15) is 0 Å². The molecule has 1 aliphatic heterocycles. The third-order valence-electron chi connectivity index (χ3n) is 4.61. The molecule has 0 spiro atoms. The van der Waals surface area contributed by atoms with Crippen LogP contribution in [0, 0.1) is 0 Å². The molecular formula is C20H24N2O2. The number of carboxylic acids is 1. The molecule has 0 radical (unpaired) electrons. The van der Waals surface area contributed by atoms with Crippen molar-refractivity contribution in [2.24, 2.45) is 0 Å². The second-order valence-electron chi connectivity index (χ2n) is 6.31. The molecule has 2 aromatic carbocycles. The van der Waals surface area contributed by atoms with E-state index in [1.54, 1.807) is 18.2 Å². The van der Waals surface area contributed by atoms with Gasteiger partial charge < -0.3 is 10.4 Å². The van der Waals surface area contributed by atoms with Crippen LogP contribution < -0.4 is 5.32 Å². The Morgan fingerprint density at radius 3 is 2.54 bits per heavy atom. The lowest BCUT2D eigenvalue weighted by Gasteiger charge is -2.28. The molecule has 0 bridgehead atoms. The molecule has 0 aliphatic carbocycles. The first kappa shape index (κ1) is 16.7. The molecule has 2 N–H and O–H groups in total. The standard InChI is InChI=1S/C20H24N2O2/c23-20(24)18-10-6-7-16(13-18)14-21-15-19(22-11-4-5-12-22)17-8-2-1-3-9-17/h1-3,6-10,13,19,21H,4-5,11-12,14-15H2,(H,23,24). The molecule has 3 rings (SSSR count). The third-order valence-corrected chi connectivity index (χ3v) is 4.61. The van der Waals surface area contributed by atoms with Gasteiger partial charge in [0.15, 0.2) is 0 Å². The van der Waals surface area contributed by atoms with Crippen LogP contribution in [0.2, 0.25) is 0 Å². The third kappa shape index (κ3) is 4.22. The second kappa shape index (κ2) is 8.08. The summed E-state index contributed by atoms with van der Waals surface area (Å²) in [5, 5.41) is 12.6. The molecule has 1 fully saturated rings. The quantitative estimate of drug-likeness (QED) is 0.820. The van der Waals surface area contributed by atoms with Crippen molar-refractivity contribution in [2.45, 2.75) is 25.4 Å². The summed E-state index contributed by atoms with van der Waals surface area (Å²) >= 11 is 0. The van der Waals surface area contributed by atoms with E-state index in [-0.39, 0.29) is 0 Å². The summed E-state index contributed by atoms with van der Waals surface area (Å²) in [4.78, 5) is 13.6. The molecule has 0 amide bonds. The van der Waals surface area contributed by atoms with Crippen LogP contribution in [0.4, 0.5) is 0 Å². The molecule has 2 aromatic rings. The first-order valence-electron chi connectivity index (χ1n) is 8.56. The first-order valence-corrected chi connectivity index (χ1v) is 8.56. The number of hydrogen-bond acceptors (Lipinski definition) is 3. The Hall–Kier alpha value is -2.17. The highest BCUT2D eigenvalue weighted by molar-refractivity contribution is 5.87. The monoisotopic (exact) mass is 324 g/mol. The maximum Gasteiger partial charge on any atom is 0.335 e. The van der Waals surface area contributed by atoms with Crippen LogP contribution >= 0.6 is 0 Å². The van der Waals surface area contributed by atoms with Crippen LogP contribution in [0.1, 0.15) is 40.4 Å². The van der Waals surface area contributed by atoms with Crippen LogP contribution in [-0.2, 0) is 6.54 Å². The van der Waals surface area contributed by atoms with Crippen LogP contribution in [0.3, 0.4) is 0 Å². The fourth-order valence-corrected chi connectivity index (χ4v) is 3.35. The summed E-state index contributed by atoms with van der Waals surface area (Å²) in [6.45, 7) is 3.84. The average Bonchev–Trinajstić information content (AvgIpc) is 3.14. The highest BCUT2D eigenvalue weighted by Crippen LogP contribution is 2.24. The zero-order chi connectivity index (χ0) is 16.8. The Morgan fingerprint density at radius 2 is 1.83 bits per heavy atom. The Morgan fingerprint density at radius 1 is 1.08 bits per heavy atom. The molecule has 24 heavy (non-hydrogen) atoms. The molecule has 126 valence electrons. The molecule has 1 unspecified atom stereocenters. The van der Waals surface area contributed by atoms with Crippen molar-refractivity contribution in [3.63, 3.8) is 0 Å². The molecular weight excluding hydrogens is 300 g/mol. The van der Waals surface area contributed by atoms with Gasteiger partial charge in [0, 0.05) is 19.1 Å². The van der Waals surface area contributed by atoms with E-state index in [9.17, 15) is 4.79 Å². The van der Waals surface area contributed by atoms with Gasteiger partial charge in [-0.15, -0.1) is 0 Å². The van der Waals surface area contributed by atoms with Crippen molar-refractivity contribution in [3.05, 3.63) is 71.3 Å². The van der Waals surface area contributed by atoms with E-state index < -0.39 is 5.97 Å². The van der Waals surface area contributed by atoms with E-state index >= 15 is 0 Å². The van der Waals surface area contributed by atoms with Crippen molar-refractivity contribution < 1.29 is 9.90 Å². The predicted molar refractivity (Wildman–Crippen MR) is 95.1 cm³/mol. The highest BCUT2D eigenvalue weighted by Gasteiger charge is 2.22. The smallest absolute Gasteiger partial charge is 0.335 e. The van der Waals surface area contributed by atoms with E-state index in [1.807, 2.05) is 6.07 Å². The molecule has 0 aromatic heterocycles. The summed E-state index contributed by atoms with van der Waals surface area (Å²) in [7, 11) is 0. The SMILES string of the molecule is O=C(O)c1cccc(CNCC(c2ccccc2)N2CCCC2)c1. The number of benzene rings is 2. The van der Waals surface area contributed by atoms with Crippen molar-refractivity contribution in [2.75, 3.05) is 19.6 Å². The number of hydrogen-bond donors (Lipinski definition) is 2. The van der Waals surface area contributed by atoms with Gasteiger partial charge >= 0.3 is 5.97 Å². The van der Waals surface area contributed by atoms with Crippen LogP contribution in [0.15, 0.2) is 54.6 Å². The Labute approximate surface area is 143 Å². The van der Waals surface area contributed by atoms with Gasteiger partial charge in [0.1, 0.15) is 0 Å². The minimum Gasteiger partial charge on any atom is -0.478 e. The Bertz CT molecular complexity index is 666. The van der Waals surface area contributed by atoms with Gasteiger partial charge in [-0.25, -0.2) is 4.79 Å². The van der Waals surface area contributed by atoms with E-state index in [4.69, 9.17) is 5.11 Å². The van der Waals surface area contributed by atoms with Gasteiger partial charge in [-0.05, 0) is 49.2 Å². The topological polar surface area (TPSA) is 52.6 Å². The molecule has 1 heterocycles. The van der Waals surface area contributed by atoms with Crippen LogP contribution in [0.5, 0.6) is 0 Å². The number of carboxylic acid groups (broad SMARTS) is 1. The molecule has 4 heteroatoms. The normalized spacial score (nSPS) is 16.2. The lowest BCUT2D eigenvalue weighted by atomic mass is 10.1. The zero-order valence-corrected chi connectivity index (χ0v) is 13.8. The van der Waals surface area contributed by atoms with Crippen molar-refractivity contribution in [3.8, 4) is 0 Å². The fraction of sp³-hybridized carbons (Fsp3) is 0.350. The Balaban J connectivity index is 1.63. The van der Waals surface area contributed by atoms with Crippen LogP contribution in [0.25, 0.3) is 0 Å². The lowest BCUT2D eigenvalue weighted by Crippen LogP contribution is -2.34. The number of rotatable bonds is 7. The Kier molecular flexibility index (Phi) is 5.62. The first-order chi connectivity index (χ1) is 11.7. The molecule has 0 saturated carbocycles. The van der Waals surface area contributed by atoms with E-state index in [2.05, 4.69) is 40.5 Å². The number of aromatic carboxylic acids is 1. The van der Waals surface area contributed by atoms with Gasteiger partial charge in [0.2, 0.25) is 0 Å². The fourth-order valence-electron chi connectivity index (χ4n) is 3.35. The lowest BCUT2D eigenvalue weighted by molar-refractivity contribution is 0.0696. The average molecular weight is 324 g/mol. The number of likely N-dealkylation sites (tertiary alicyclic amines) is 1. The predicted octanol–water partition coefficient (Wildman–Crippen LogP) is 3.31. The number of nitrogens with one attached hydrogen (secondary N) is 1.